The van der Waals surface area contributed by atoms with Crippen LogP contribution in [0.2, 0.25) is 0 Å². The topological polar surface area (TPSA) is 94.0 Å². The molecular weight excluding hydrogens is 483 g/mol. The SMILES string of the molecule is CN/C=C(\C(=N)C(=O)N1CC(F)(F)CC(C)C1CNc1ccc(C(F)(F)F)cn1)c1cc(C)ccn1. The molecule has 0 saturated carbocycles. The highest BCUT2D eigenvalue weighted by molar-refractivity contribution is 6.54. The van der Waals surface area contributed by atoms with Gasteiger partial charge in [0, 0.05) is 44.2 Å². The predicted octanol–water partition coefficient (Wildman–Crippen LogP) is 4.37. The molecule has 2 aromatic rings. The van der Waals surface area contributed by atoms with Crippen LogP contribution in [0.15, 0.2) is 42.9 Å². The normalized spacial score (nSPS) is 20.1. The van der Waals surface area contributed by atoms with Crippen molar-refractivity contribution in [1.29, 1.82) is 5.41 Å². The first-order chi connectivity index (χ1) is 16.8. The number of amides is 1. The summed E-state index contributed by atoms with van der Waals surface area (Å²) in [5.41, 5.74) is -0.110. The summed E-state index contributed by atoms with van der Waals surface area (Å²) in [5.74, 6) is -4.62. The molecule has 1 aliphatic rings. The molecule has 2 atom stereocenters. The van der Waals surface area contributed by atoms with Gasteiger partial charge in [0.2, 0.25) is 0 Å². The largest absolute Gasteiger partial charge is 0.417 e. The monoisotopic (exact) mass is 510 g/mol. The van der Waals surface area contributed by atoms with Crippen molar-refractivity contribution in [2.24, 2.45) is 5.92 Å². The van der Waals surface area contributed by atoms with Crippen molar-refractivity contribution < 1.29 is 26.7 Å². The van der Waals surface area contributed by atoms with Crippen LogP contribution in [0, 0.1) is 18.3 Å². The lowest BCUT2D eigenvalue weighted by Gasteiger charge is -2.43. The number of aryl methyl sites for hydroxylation is 1. The highest BCUT2D eigenvalue weighted by Crippen LogP contribution is 2.35. The fourth-order valence-corrected chi connectivity index (χ4v) is 4.12. The molecule has 0 spiro atoms. The van der Waals surface area contributed by atoms with Crippen molar-refractivity contribution in [3.63, 3.8) is 0 Å². The number of piperidine rings is 1. The number of aromatic nitrogens is 2. The van der Waals surface area contributed by atoms with Crippen LogP contribution in [-0.2, 0) is 11.0 Å². The van der Waals surface area contributed by atoms with E-state index in [2.05, 4.69) is 20.6 Å². The molecule has 12 heteroatoms. The Morgan fingerprint density at radius 3 is 2.58 bits per heavy atom. The van der Waals surface area contributed by atoms with Crippen molar-refractivity contribution in [1.82, 2.24) is 20.2 Å². The van der Waals surface area contributed by atoms with Crippen LogP contribution in [0.1, 0.15) is 30.2 Å². The number of hydrogen-bond acceptors (Lipinski definition) is 6. The van der Waals surface area contributed by atoms with Crippen LogP contribution in [0.4, 0.5) is 27.8 Å². The highest BCUT2D eigenvalue weighted by Gasteiger charge is 2.46. The molecule has 36 heavy (non-hydrogen) atoms. The van der Waals surface area contributed by atoms with E-state index in [-0.39, 0.29) is 17.9 Å². The first-order valence-electron chi connectivity index (χ1n) is 11.2. The third-order valence-electron chi connectivity index (χ3n) is 5.89. The zero-order valence-corrected chi connectivity index (χ0v) is 20.0. The predicted molar refractivity (Wildman–Crippen MR) is 126 cm³/mol. The minimum absolute atomic E-state index is 0.0393. The molecule has 3 heterocycles. The summed E-state index contributed by atoms with van der Waals surface area (Å²) >= 11 is 0. The molecule has 3 rings (SSSR count). The molecular formula is C24H27F5N6O. The average Bonchev–Trinajstić information content (AvgIpc) is 2.80. The van der Waals surface area contributed by atoms with Gasteiger partial charge in [-0.1, -0.05) is 6.92 Å². The number of anilines is 1. The fourth-order valence-electron chi connectivity index (χ4n) is 4.12. The van der Waals surface area contributed by atoms with Crippen molar-refractivity contribution in [2.75, 3.05) is 25.5 Å². The second kappa shape index (κ2) is 10.6. The van der Waals surface area contributed by atoms with E-state index in [0.29, 0.717) is 11.9 Å². The second-order valence-electron chi connectivity index (χ2n) is 8.79. The maximum Gasteiger partial charge on any atom is 0.417 e. The number of halogens is 5. The maximum absolute atomic E-state index is 14.5. The number of nitrogens with one attached hydrogen (secondary N) is 3. The molecule has 2 aromatic heterocycles. The molecule has 3 N–H and O–H groups in total. The molecule has 1 saturated heterocycles. The lowest BCUT2D eigenvalue weighted by atomic mass is 9.87. The Kier molecular flexibility index (Phi) is 7.95. The van der Waals surface area contributed by atoms with Gasteiger partial charge in [0.05, 0.1) is 23.8 Å². The Hall–Kier alpha value is -3.57. The summed E-state index contributed by atoms with van der Waals surface area (Å²) < 4.78 is 67.4. The van der Waals surface area contributed by atoms with Crippen molar-refractivity contribution in [3.8, 4) is 0 Å². The molecule has 2 unspecified atom stereocenters. The molecule has 1 aliphatic heterocycles. The van der Waals surface area contributed by atoms with Gasteiger partial charge >= 0.3 is 6.18 Å². The van der Waals surface area contributed by atoms with Crippen LogP contribution < -0.4 is 10.6 Å². The molecule has 1 fully saturated rings. The molecule has 7 nitrogen and oxygen atoms in total. The summed E-state index contributed by atoms with van der Waals surface area (Å²) in [5, 5.41) is 14.1. The van der Waals surface area contributed by atoms with Crippen LogP contribution in [0.3, 0.4) is 0 Å². The average molecular weight is 511 g/mol. The molecule has 0 aromatic carbocycles. The van der Waals surface area contributed by atoms with Gasteiger partial charge in [0.25, 0.3) is 11.8 Å². The van der Waals surface area contributed by atoms with Crippen molar-refractivity contribution in [2.45, 2.75) is 38.4 Å². The number of carbonyl (C=O) groups is 1. The Morgan fingerprint density at radius 2 is 2.00 bits per heavy atom. The van der Waals surface area contributed by atoms with Gasteiger partial charge in [-0.15, -0.1) is 0 Å². The Balaban J connectivity index is 1.84. The van der Waals surface area contributed by atoms with Gasteiger partial charge in [-0.25, -0.2) is 13.8 Å². The number of carbonyl (C=O) groups excluding carboxylic acids is 1. The lowest BCUT2D eigenvalue weighted by molar-refractivity contribution is -0.145. The van der Waals surface area contributed by atoms with E-state index in [4.69, 9.17) is 5.41 Å². The highest BCUT2D eigenvalue weighted by atomic mass is 19.4. The van der Waals surface area contributed by atoms with E-state index in [1.165, 1.54) is 12.4 Å². The summed E-state index contributed by atoms with van der Waals surface area (Å²) in [6, 6.07) is 4.65. The van der Waals surface area contributed by atoms with Gasteiger partial charge in [-0.2, -0.15) is 13.2 Å². The van der Waals surface area contributed by atoms with Gasteiger partial charge in [0.15, 0.2) is 0 Å². The fraction of sp³-hybridized carbons (Fsp3) is 0.417. The minimum Gasteiger partial charge on any atom is -0.393 e. The number of pyridine rings is 2. The van der Waals surface area contributed by atoms with Gasteiger partial charge in [0.1, 0.15) is 11.5 Å². The van der Waals surface area contributed by atoms with E-state index in [9.17, 15) is 26.7 Å². The zero-order valence-electron chi connectivity index (χ0n) is 20.0. The summed E-state index contributed by atoms with van der Waals surface area (Å²) in [6.45, 7) is 2.45. The Morgan fingerprint density at radius 1 is 1.28 bits per heavy atom. The van der Waals surface area contributed by atoms with Crippen LogP contribution in [0.5, 0.6) is 0 Å². The van der Waals surface area contributed by atoms with Crippen molar-refractivity contribution in [3.05, 3.63) is 59.7 Å². The summed E-state index contributed by atoms with van der Waals surface area (Å²) in [6.07, 6.45) is -1.42. The zero-order chi connectivity index (χ0) is 26.7. The van der Waals surface area contributed by atoms with Gasteiger partial charge < -0.3 is 15.5 Å². The number of alkyl halides is 5. The molecule has 0 bridgehead atoms. The van der Waals surface area contributed by atoms with E-state index in [1.54, 1.807) is 26.1 Å². The number of nitrogens with zero attached hydrogens (tertiary/aromatic N) is 3. The smallest absolute Gasteiger partial charge is 0.393 e. The maximum atomic E-state index is 14.5. The first kappa shape index (κ1) is 27.0. The number of hydrogen-bond donors (Lipinski definition) is 3. The third kappa shape index (κ3) is 6.35. The Labute approximate surface area is 205 Å². The van der Waals surface area contributed by atoms with E-state index >= 15 is 0 Å². The molecule has 1 amide bonds. The number of rotatable bonds is 7. The van der Waals surface area contributed by atoms with E-state index in [0.717, 1.165) is 22.6 Å². The third-order valence-corrected chi connectivity index (χ3v) is 5.89. The van der Waals surface area contributed by atoms with Crippen LogP contribution in [0.25, 0.3) is 5.57 Å². The second-order valence-corrected chi connectivity index (χ2v) is 8.79. The van der Waals surface area contributed by atoms with Crippen LogP contribution >= 0.6 is 0 Å². The van der Waals surface area contributed by atoms with Crippen LogP contribution in [-0.4, -0.2) is 58.6 Å². The van der Waals surface area contributed by atoms with E-state index < -0.39 is 54.2 Å². The Bertz CT molecular complexity index is 1130. The van der Waals surface area contributed by atoms with Gasteiger partial charge in [-0.3, -0.25) is 15.2 Å². The quantitative estimate of drug-likeness (QED) is 0.380. The molecule has 0 aliphatic carbocycles. The molecule has 194 valence electrons. The summed E-state index contributed by atoms with van der Waals surface area (Å²) in [4.78, 5) is 22.3. The van der Waals surface area contributed by atoms with Gasteiger partial charge in [-0.05, 0) is 42.7 Å². The summed E-state index contributed by atoms with van der Waals surface area (Å²) in [7, 11) is 1.58. The van der Waals surface area contributed by atoms with E-state index in [1.807, 2.05) is 6.92 Å². The lowest BCUT2D eigenvalue weighted by Crippen LogP contribution is -2.58. The first-order valence-corrected chi connectivity index (χ1v) is 11.2. The molecule has 0 radical (unpaired) electrons. The number of likely N-dealkylation sites (tertiary alicyclic amines) is 1. The standard InChI is InChI=1S/C24H27F5N6O/c1-14-6-7-32-18(8-14)17(11-31-3)21(30)22(36)35-13-23(25,26)9-15(2)19(35)12-34-20-5-4-16(10-33-20)24(27,28)29/h4-8,10-11,15,19,30-31H,9,12-13H2,1-3H3,(H,33,34)/b17-11-,30-21?. The minimum atomic E-state index is -4.54. The van der Waals surface area contributed by atoms with Crippen molar-refractivity contribution >= 4 is 23.0 Å².